The molecular weight excluding hydrogens is 348 g/mol. The van der Waals surface area contributed by atoms with Crippen molar-refractivity contribution in [3.8, 4) is 11.5 Å². The molecule has 0 saturated carbocycles. The lowest BCUT2D eigenvalue weighted by Gasteiger charge is -2.36. The largest absolute Gasteiger partial charge is 0.497 e. The second kappa shape index (κ2) is 8.83. The summed E-state index contributed by atoms with van der Waals surface area (Å²) >= 11 is 0. The Morgan fingerprint density at radius 3 is 2.30 bits per heavy atom. The zero-order chi connectivity index (χ0) is 20.0. The van der Waals surface area contributed by atoms with E-state index in [2.05, 4.69) is 4.99 Å². The van der Waals surface area contributed by atoms with Crippen LogP contribution in [0.25, 0.3) is 0 Å². The Labute approximate surface area is 160 Å². The second-order valence-corrected chi connectivity index (χ2v) is 7.31. The molecule has 1 amide bonds. The molecular formula is C19H30N4O4. The lowest BCUT2D eigenvalue weighted by atomic mass is 10.2. The summed E-state index contributed by atoms with van der Waals surface area (Å²) in [5.74, 6) is 1.89. The fourth-order valence-electron chi connectivity index (χ4n) is 2.69. The maximum Gasteiger partial charge on any atom is 0.410 e. The molecule has 1 heterocycles. The predicted molar refractivity (Wildman–Crippen MR) is 104 cm³/mol. The Kier molecular flexibility index (Phi) is 6.76. The molecule has 0 aromatic heterocycles. The lowest BCUT2D eigenvalue weighted by Crippen LogP contribution is -2.53. The van der Waals surface area contributed by atoms with E-state index in [-0.39, 0.29) is 6.09 Å². The molecule has 1 aromatic carbocycles. The minimum atomic E-state index is -0.494. The standard InChI is InChI=1S/C19H30N4O4/c1-19(2,3)27-18(24)23-10-8-22(9-11-23)17(20)21-13-14-6-7-15(25-4)12-16(14)26-5/h6-7,12H,8-11,13H2,1-5H3,(H2,20,21). The van der Waals surface area contributed by atoms with Crippen molar-refractivity contribution < 1.29 is 19.0 Å². The SMILES string of the molecule is COc1ccc(CN=C(N)N2CCN(C(=O)OC(C)(C)C)CC2)c(OC)c1. The highest BCUT2D eigenvalue weighted by Gasteiger charge is 2.26. The van der Waals surface area contributed by atoms with Crippen LogP contribution in [0.3, 0.4) is 0 Å². The zero-order valence-corrected chi connectivity index (χ0v) is 16.8. The molecule has 2 rings (SSSR count). The number of ether oxygens (including phenoxy) is 3. The van der Waals surface area contributed by atoms with Gasteiger partial charge >= 0.3 is 6.09 Å². The summed E-state index contributed by atoms with van der Waals surface area (Å²) in [4.78, 5) is 20.3. The number of amides is 1. The van der Waals surface area contributed by atoms with E-state index < -0.39 is 5.60 Å². The molecule has 27 heavy (non-hydrogen) atoms. The van der Waals surface area contributed by atoms with E-state index in [1.54, 1.807) is 19.1 Å². The molecule has 0 spiro atoms. The van der Waals surface area contributed by atoms with E-state index in [1.807, 2.05) is 43.9 Å². The van der Waals surface area contributed by atoms with Crippen LogP contribution in [0, 0.1) is 0 Å². The van der Waals surface area contributed by atoms with Crippen molar-refractivity contribution in [2.45, 2.75) is 32.9 Å². The van der Waals surface area contributed by atoms with Crippen molar-refractivity contribution in [2.75, 3.05) is 40.4 Å². The van der Waals surface area contributed by atoms with Crippen LogP contribution in [0.2, 0.25) is 0 Å². The molecule has 150 valence electrons. The summed E-state index contributed by atoms with van der Waals surface area (Å²) in [7, 11) is 3.22. The molecule has 1 aliphatic rings. The summed E-state index contributed by atoms with van der Waals surface area (Å²) in [5, 5.41) is 0. The van der Waals surface area contributed by atoms with Crippen LogP contribution in [0.4, 0.5) is 4.79 Å². The van der Waals surface area contributed by atoms with Crippen LogP contribution in [0.1, 0.15) is 26.3 Å². The van der Waals surface area contributed by atoms with Crippen LogP contribution in [0.5, 0.6) is 11.5 Å². The molecule has 0 radical (unpaired) electrons. The van der Waals surface area contributed by atoms with Gasteiger partial charge in [-0.15, -0.1) is 0 Å². The van der Waals surface area contributed by atoms with Gasteiger partial charge in [0.1, 0.15) is 17.1 Å². The average molecular weight is 378 g/mol. The minimum Gasteiger partial charge on any atom is -0.497 e. The van der Waals surface area contributed by atoms with Crippen LogP contribution >= 0.6 is 0 Å². The Morgan fingerprint density at radius 1 is 1.11 bits per heavy atom. The third kappa shape index (κ3) is 5.94. The van der Waals surface area contributed by atoms with E-state index in [4.69, 9.17) is 19.9 Å². The van der Waals surface area contributed by atoms with Gasteiger partial charge in [0.2, 0.25) is 0 Å². The Hall–Kier alpha value is -2.64. The summed E-state index contributed by atoms with van der Waals surface area (Å²) in [6, 6.07) is 5.60. The first-order valence-electron chi connectivity index (χ1n) is 8.97. The third-order valence-corrected chi connectivity index (χ3v) is 4.16. The van der Waals surface area contributed by atoms with Crippen molar-refractivity contribution in [1.29, 1.82) is 0 Å². The van der Waals surface area contributed by atoms with E-state index in [1.165, 1.54) is 0 Å². The molecule has 0 atom stereocenters. The van der Waals surface area contributed by atoms with Gasteiger partial charge in [-0.3, -0.25) is 0 Å². The molecule has 8 heteroatoms. The van der Waals surface area contributed by atoms with E-state index in [0.717, 1.165) is 11.3 Å². The van der Waals surface area contributed by atoms with Gasteiger partial charge in [0, 0.05) is 37.8 Å². The number of nitrogens with zero attached hydrogens (tertiary/aromatic N) is 3. The lowest BCUT2D eigenvalue weighted by molar-refractivity contribution is 0.0186. The first-order valence-corrected chi connectivity index (χ1v) is 8.97. The Bertz CT molecular complexity index is 677. The molecule has 1 saturated heterocycles. The zero-order valence-electron chi connectivity index (χ0n) is 16.8. The van der Waals surface area contributed by atoms with Gasteiger partial charge in [-0.05, 0) is 32.9 Å². The minimum absolute atomic E-state index is 0.291. The maximum atomic E-state index is 12.1. The van der Waals surface area contributed by atoms with Gasteiger partial charge < -0.3 is 29.7 Å². The number of carbonyl (C=O) groups excluding carboxylic acids is 1. The number of nitrogens with two attached hydrogens (primary N) is 1. The Morgan fingerprint density at radius 2 is 1.74 bits per heavy atom. The van der Waals surface area contributed by atoms with Crippen LogP contribution in [-0.4, -0.2) is 67.9 Å². The number of hydrogen-bond donors (Lipinski definition) is 1. The first-order chi connectivity index (χ1) is 12.7. The monoisotopic (exact) mass is 378 g/mol. The Balaban J connectivity index is 1.92. The summed E-state index contributed by atoms with van der Waals surface area (Å²) < 4.78 is 16.0. The van der Waals surface area contributed by atoms with Crippen molar-refractivity contribution in [3.05, 3.63) is 23.8 Å². The smallest absolute Gasteiger partial charge is 0.410 e. The van der Waals surface area contributed by atoms with Gasteiger partial charge in [-0.1, -0.05) is 0 Å². The van der Waals surface area contributed by atoms with E-state index >= 15 is 0 Å². The number of rotatable bonds is 4. The maximum absolute atomic E-state index is 12.1. The van der Waals surface area contributed by atoms with E-state index in [0.29, 0.717) is 44.4 Å². The molecule has 0 unspecified atom stereocenters. The number of piperazine rings is 1. The molecule has 1 fully saturated rings. The molecule has 8 nitrogen and oxygen atoms in total. The van der Waals surface area contributed by atoms with E-state index in [9.17, 15) is 4.79 Å². The first kappa shape index (κ1) is 20.7. The highest BCUT2D eigenvalue weighted by Crippen LogP contribution is 2.25. The topological polar surface area (TPSA) is 89.6 Å². The highest BCUT2D eigenvalue weighted by molar-refractivity contribution is 5.78. The van der Waals surface area contributed by atoms with Crippen molar-refractivity contribution >= 4 is 12.1 Å². The van der Waals surface area contributed by atoms with Crippen LogP contribution in [-0.2, 0) is 11.3 Å². The average Bonchev–Trinajstić information content (AvgIpc) is 2.64. The molecule has 1 aliphatic heterocycles. The van der Waals surface area contributed by atoms with Crippen LogP contribution < -0.4 is 15.2 Å². The van der Waals surface area contributed by atoms with Crippen molar-refractivity contribution in [3.63, 3.8) is 0 Å². The third-order valence-electron chi connectivity index (χ3n) is 4.16. The number of methoxy groups -OCH3 is 2. The fourth-order valence-corrected chi connectivity index (χ4v) is 2.69. The second-order valence-electron chi connectivity index (χ2n) is 7.31. The summed E-state index contributed by atoms with van der Waals surface area (Å²) in [5.41, 5.74) is 6.57. The fraction of sp³-hybridized carbons (Fsp3) is 0.579. The molecule has 1 aromatic rings. The number of aliphatic imine (C=N–C) groups is 1. The number of hydrogen-bond acceptors (Lipinski definition) is 5. The van der Waals surface area contributed by atoms with Gasteiger partial charge in [0.05, 0.1) is 20.8 Å². The molecule has 2 N–H and O–H groups in total. The summed E-state index contributed by atoms with van der Waals surface area (Å²) in [6.07, 6.45) is -0.291. The predicted octanol–water partition coefficient (Wildman–Crippen LogP) is 2.07. The van der Waals surface area contributed by atoms with Crippen LogP contribution in [0.15, 0.2) is 23.2 Å². The molecule has 0 bridgehead atoms. The van der Waals surface area contributed by atoms with Gasteiger partial charge in [0.25, 0.3) is 0 Å². The number of carbonyl (C=O) groups is 1. The molecule has 0 aliphatic carbocycles. The van der Waals surface area contributed by atoms with Crippen molar-refractivity contribution in [1.82, 2.24) is 9.80 Å². The van der Waals surface area contributed by atoms with Gasteiger partial charge in [-0.2, -0.15) is 0 Å². The summed E-state index contributed by atoms with van der Waals surface area (Å²) in [6.45, 7) is 8.33. The van der Waals surface area contributed by atoms with Gasteiger partial charge in [-0.25, -0.2) is 9.79 Å². The quantitative estimate of drug-likeness (QED) is 0.637. The number of guanidine groups is 1. The van der Waals surface area contributed by atoms with Gasteiger partial charge in [0.15, 0.2) is 5.96 Å². The number of benzene rings is 1. The highest BCUT2D eigenvalue weighted by atomic mass is 16.6. The normalized spacial score (nSPS) is 15.5. The van der Waals surface area contributed by atoms with Crippen molar-refractivity contribution in [2.24, 2.45) is 10.7 Å².